The minimum atomic E-state index is 0.368. The van der Waals surface area contributed by atoms with Gasteiger partial charge in [-0.1, -0.05) is 26.0 Å². The quantitative estimate of drug-likeness (QED) is 0.797. The third kappa shape index (κ3) is 4.45. The minimum absolute atomic E-state index is 0.368. The molecule has 1 aliphatic rings. The molecule has 0 spiro atoms. The highest BCUT2D eigenvalue weighted by Gasteiger charge is 2.33. The van der Waals surface area contributed by atoms with E-state index in [1.165, 1.54) is 37.1 Å². The van der Waals surface area contributed by atoms with Gasteiger partial charge in [0, 0.05) is 38.4 Å². The molecule has 0 aromatic heterocycles. The van der Waals surface area contributed by atoms with Crippen molar-refractivity contribution in [3.63, 3.8) is 0 Å². The number of hydrogen-bond acceptors (Lipinski definition) is 3. The van der Waals surface area contributed by atoms with Crippen molar-refractivity contribution in [2.75, 3.05) is 32.1 Å². The number of hydrogen-bond donors (Lipinski definition) is 1. The number of rotatable bonds is 8. The van der Waals surface area contributed by atoms with Crippen molar-refractivity contribution in [3.05, 3.63) is 29.8 Å². The third-order valence-electron chi connectivity index (χ3n) is 4.40. The predicted molar refractivity (Wildman–Crippen MR) is 91.7 cm³/mol. The lowest BCUT2D eigenvalue weighted by molar-refractivity contribution is 0.181. The normalized spacial score (nSPS) is 16.5. The minimum Gasteiger partial charge on any atom is -0.378 e. The van der Waals surface area contributed by atoms with E-state index >= 15 is 0 Å². The maximum absolute atomic E-state index is 6.12. The van der Waals surface area contributed by atoms with Gasteiger partial charge in [0.25, 0.3) is 0 Å². The molecule has 1 saturated carbocycles. The topological polar surface area (TPSA) is 32.5 Å². The summed E-state index contributed by atoms with van der Waals surface area (Å²) in [6, 6.07) is 10.0. The summed E-state index contributed by atoms with van der Waals surface area (Å²) in [7, 11) is 4.16. The molecule has 0 amide bonds. The summed E-state index contributed by atoms with van der Waals surface area (Å²) in [6.07, 6.45) is 3.93. The number of nitrogens with two attached hydrogens (primary N) is 1. The lowest BCUT2D eigenvalue weighted by Crippen LogP contribution is -2.36. The van der Waals surface area contributed by atoms with Gasteiger partial charge in [0.2, 0.25) is 0 Å². The van der Waals surface area contributed by atoms with Crippen LogP contribution < -0.4 is 10.6 Å². The van der Waals surface area contributed by atoms with E-state index in [1.54, 1.807) is 0 Å². The van der Waals surface area contributed by atoms with Gasteiger partial charge >= 0.3 is 0 Å². The van der Waals surface area contributed by atoms with Crippen molar-refractivity contribution in [1.82, 2.24) is 4.90 Å². The van der Waals surface area contributed by atoms with Gasteiger partial charge in [0.05, 0.1) is 0 Å². The van der Waals surface area contributed by atoms with Gasteiger partial charge < -0.3 is 10.6 Å². The maximum atomic E-state index is 6.12. The van der Waals surface area contributed by atoms with Crippen LogP contribution in [0.2, 0.25) is 0 Å². The van der Waals surface area contributed by atoms with Crippen molar-refractivity contribution in [2.24, 2.45) is 11.7 Å². The van der Waals surface area contributed by atoms with Crippen LogP contribution in [-0.2, 0) is 0 Å². The number of nitrogens with zero attached hydrogens (tertiary/aromatic N) is 2. The summed E-state index contributed by atoms with van der Waals surface area (Å²) in [5.41, 5.74) is 8.73. The van der Waals surface area contributed by atoms with E-state index in [9.17, 15) is 0 Å². The Morgan fingerprint density at radius 2 is 1.76 bits per heavy atom. The molecule has 0 radical (unpaired) electrons. The summed E-state index contributed by atoms with van der Waals surface area (Å²) in [6.45, 7) is 6.47. The molecule has 3 nitrogen and oxygen atoms in total. The van der Waals surface area contributed by atoms with E-state index in [4.69, 9.17) is 5.73 Å². The zero-order valence-electron chi connectivity index (χ0n) is 14.0. The van der Waals surface area contributed by atoms with Crippen LogP contribution in [0.15, 0.2) is 24.3 Å². The Kier molecular flexibility index (Phi) is 5.65. The lowest BCUT2D eigenvalue weighted by Gasteiger charge is -2.32. The molecule has 0 saturated heterocycles. The monoisotopic (exact) mass is 289 g/mol. The average molecular weight is 289 g/mol. The van der Waals surface area contributed by atoms with E-state index in [1.807, 2.05) is 0 Å². The third-order valence-corrected chi connectivity index (χ3v) is 4.40. The SMILES string of the molecule is CC(C)CCN(C1CC1)C(CN)c1ccc(N(C)C)cc1. The molecular formula is C18H31N3. The molecule has 3 heteroatoms. The molecule has 1 fully saturated rings. The molecule has 1 unspecified atom stereocenters. The second-order valence-electron chi connectivity index (χ2n) is 6.89. The maximum Gasteiger partial charge on any atom is 0.0473 e. The van der Waals surface area contributed by atoms with E-state index in [-0.39, 0.29) is 0 Å². The van der Waals surface area contributed by atoms with Gasteiger partial charge in [-0.25, -0.2) is 0 Å². The Morgan fingerprint density at radius 1 is 1.14 bits per heavy atom. The molecule has 0 aliphatic heterocycles. The summed E-state index contributed by atoms with van der Waals surface area (Å²) in [4.78, 5) is 4.78. The molecule has 0 heterocycles. The van der Waals surface area contributed by atoms with Crippen LogP contribution in [0, 0.1) is 5.92 Å². The van der Waals surface area contributed by atoms with Crippen LogP contribution in [0.1, 0.15) is 44.7 Å². The van der Waals surface area contributed by atoms with Crippen LogP contribution in [0.4, 0.5) is 5.69 Å². The van der Waals surface area contributed by atoms with Gasteiger partial charge in [-0.3, -0.25) is 4.90 Å². The van der Waals surface area contributed by atoms with Crippen LogP contribution >= 0.6 is 0 Å². The fraction of sp³-hybridized carbons (Fsp3) is 0.667. The van der Waals surface area contributed by atoms with Gasteiger partial charge in [0.1, 0.15) is 0 Å². The summed E-state index contributed by atoms with van der Waals surface area (Å²) >= 11 is 0. The Labute approximate surface area is 130 Å². The van der Waals surface area contributed by atoms with Crippen molar-refractivity contribution >= 4 is 5.69 Å². The molecule has 1 atom stereocenters. The van der Waals surface area contributed by atoms with E-state index in [0.717, 1.165) is 12.0 Å². The van der Waals surface area contributed by atoms with Crippen LogP contribution in [0.25, 0.3) is 0 Å². The first kappa shape index (κ1) is 16.3. The largest absolute Gasteiger partial charge is 0.378 e. The Bertz CT molecular complexity index is 421. The van der Waals surface area contributed by atoms with E-state index < -0.39 is 0 Å². The van der Waals surface area contributed by atoms with Crippen molar-refractivity contribution < 1.29 is 0 Å². The van der Waals surface area contributed by atoms with E-state index in [0.29, 0.717) is 12.6 Å². The second kappa shape index (κ2) is 7.28. The van der Waals surface area contributed by atoms with Crippen LogP contribution in [0.3, 0.4) is 0 Å². The molecular weight excluding hydrogens is 258 g/mol. The molecule has 21 heavy (non-hydrogen) atoms. The first-order chi connectivity index (χ1) is 10.0. The van der Waals surface area contributed by atoms with Crippen molar-refractivity contribution in [3.8, 4) is 0 Å². The smallest absolute Gasteiger partial charge is 0.0473 e. The molecule has 118 valence electrons. The molecule has 1 aromatic carbocycles. The van der Waals surface area contributed by atoms with E-state index in [2.05, 4.69) is 62.0 Å². The second-order valence-corrected chi connectivity index (χ2v) is 6.89. The first-order valence-electron chi connectivity index (χ1n) is 8.26. The Morgan fingerprint density at radius 3 is 2.19 bits per heavy atom. The summed E-state index contributed by atoms with van der Waals surface area (Å²) in [5.74, 6) is 0.751. The van der Waals surface area contributed by atoms with Crippen molar-refractivity contribution in [1.29, 1.82) is 0 Å². The van der Waals surface area contributed by atoms with Crippen LogP contribution in [-0.4, -0.2) is 38.1 Å². The predicted octanol–water partition coefficient (Wildman–Crippen LogP) is 3.26. The fourth-order valence-electron chi connectivity index (χ4n) is 2.86. The highest BCUT2D eigenvalue weighted by atomic mass is 15.2. The Hall–Kier alpha value is -1.06. The zero-order chi connectivity index (χ0) is 15.4. The number of anilines is 1. The van der Waals surface area contributed by atoms with Crippen LogP contribution in [0.5, 0.6) is 0 Å². The van der Waals surface area contributed by atoms with Gasteiger partial charge in [-0.15, -0.1) is 0 Å². The molecule has 1 aromatic rings. The van der Waals surface area contributed by atoms with Crippen molar-refractivity contribution in [2.45, 2.75) is 45.2 Å². The van der Waals surface area contributed by atoms with Gasteiger partial charge in [0.15, 0.2) is 0 Å². The molecule has 2 rings (SSSR count). The first-order valence-corrected chi connectivity index (χ1v) is 8.26. The standard InChI is InChI=1S/C18H31N3/c1-14(2)11-12-21(17-9-10-17)18(13-19)15-5-7-16(8-6-15)20(3)4/h5-8,14,17-18H,9-13,19H2,1-4H3. The molecule has 2 N–H and O–H groups in total. The molecule has 1 aliphatic carbocycles. The molecule has 0 bridgehead atoms. The zero-order valence-corrected chi connectivity index (χ0v) is 14.0. The summed E-state index contributed by atoms with van der Waals surface area (Å²) < 4.78 is 0. The highest BCUT2D eigenvalue weighted by molar-refractivity contribution is 5.46. The van der Waals surface area contributed by atoms with Gasteiger partial charge in [-0.2, -0.15) is 0 Å². The average Bonchev–Trinajstić information content (AvgIpc) is 3.28. The Balaban J connectivity index is 2.11. The fourth-order valence-corrected chi connectivity index (χ4v) is 2.86. The van der Waals surface area contributed by atoms with Gasteiger partial charge in [-0.05, 0) is 49.4 Å². The number of benzene rings is 1. The summed E-state index contributed by atoms with van der Waals surface area (Å²) in [5, 5.41) is 0. The lowest BCUT2D eigenvalue weighted by atomic mass is 10.0. The highest BCUT2D eigenvalue weighted by Crippen LogP contribution is 2.35.